The number of aromatic nitrogens is 2. The van der Waals surface area contributed by atoms with Crippen molar-refractivity contribution in [3.05, 3.63) is 41.2 Å². The van der Waals surface area contributed by atoms with Gasteiger partial charge in [-0.05, 0) is 43.6 Å². The van der Waals surface area contributed by atoms with E-state index < -0.39 is 29.0 Å². The number of fused-ring (bicyclic) bond motifs is 1. The summed E-state index contributed by atoms with van der Waals surface area (Å²) in [5, 5.41) is 2.91. The summed E-state index contributed by atoms with van der Waals surface area (Å²) in [6.45, 7) is 9.25. The maximum absolute atomic E-state index is 14.7. The number of nitrogens with one attached hydrogen (secondary N) is 1. The lowest BCUT2D eigenvalue weighted by atomic mass is 9.85. The molecule has 1 aromatic heterocycles. The first-order chi connectivity index (χ1) is 16.6. The lowest BCUT2D eigenvalue weighted by Crippen LogP contribution is -2.56. The van der Waals surface area contributed by atoms with Gasteiger partial charge in [0, 0.05) is 26.2 Å². The van der Waals surface area contributed by atoms with Crippen LogP contribution in [0.3, 0.4) is 0 Å². The van der Waals surface area contributed by atoms with Crippen molar-refractivity contribution in [2.75, 3.05) is 39.9 Å². The molecule has 0 bridgehead atoms. The Labute approximate surface area is 204 Å². The highest BCUT2D eigenvalue weighted by atomic mass is 19.1. The minimum atomic E-state index is -0.789. The molecule has 2 aliphatic rings. The molecule has 35 heavy (non-hydrogen) atoms. The van der Waals surface area contributed by atoms with Gasteiger partial charge >= 0.3 is 0 Å². The zero-order valence-electron chi connectivity index (χ0n) is 20.7. The molecule has 2 aromatic rings. The summed E-state index contributed by atoms with van der Waals surface area (Å²) >= 11 is 0. The highest BCUT2D eigenvalue weighted by molar-refractivity contribution is 5.98. The molecule has 1 N–H and O–H groups in total. The molecule has 3 heterocycles. The summed E-state index contributed by atoms with van der Waals surface area (Å²) < 4.78 is 35.9. The van der Waals surface area contributed by atoms with Crippen LogP contribution in [-0.2, 0) is 22.6 Å². The molecule has 4 rings (SSSR count). The Bertz CT molecular complexity index is 1110. The van der Waals surface area contributed by atoms with Crippen molar-refractivity contribution in [3.63, 3.8) is 0 Å². The van der Waals surface area contributed by atoms with Crippen molar-refractivity contribution < 1.29 is 23.1 Å². The summed E-state index contributed by atoms with van der Waals surface area (Å²) in [4.78, 5) is 35.2. The van der Waals surface area contributed by atoms with Gasteiger partial charge in [0.2, 0.25) is 5.91 Å². The fraction of sp³-hybridized carbons (Fsp3) is 0.560. The van der Waals surface area contributed by atoms with Crippen LogP contribution in [0.1, 0.15) is 43.4 Å². The van der Waals surface area contributed by atoms with Crippen LogP contribution >= 0.6 is 0 Å². The van der Waals surface area contributed by atoms with E-state index in [1.165, 1.54) is 0 Å². The summed E-state index contributed by atoms with van der Waals surface area (Å²) in [6, 6.07) is 2.42. The molecule has 0 radical (unpaired) electrons. The zero-order valence-corrected chi connectivity index (χ0v) is 20.7. The van der Waals surface area contributed by atoms with E-state index in [4.69, 9.17) is 4.74 Å². The maximum Gasteiger partial charge on any atom is 0.272 e. The predicted molar refractivity (Wildman–Crippen MR) is 127 cm³/mol. The SMILES string of the molecule is CN1CCCn2c(-c3cc(F)ccc3F)nc(C(=O)NC(C(=O)N3CCOCC3)C(C)(C)C)c2C1. The number of imidazole rings is 1. The summed E-state index contributed by atoms with van der Waals surface area (Å²) in [5.41, 5.74) is 0.191. The largest absolute Gasteiger partial charge is 0.378 e. The average molecular weight is 490 g/mol. The van der Waals surface area contributed by atoms with Gasteiger partial charge in [0.05, 0.1) is 24.5 Å². The fourth-order valence-electron chi connectivity index (χ4n) is 4.59. The first-order valence-electron chi connectivity index (χ1n) is 12.0. The summed E-state index contributed by atoms with van der Waals surface area (Å²) in [6.07, 6.45) is 0.769. The van der Waals surface area contributed by atoms with Crippen LogP contribution in [0.25, 0.3) is 11.4 Å². The van der Waals surface area contributed by atoms with Crippen LogP contribution in [0, 0.1) is 17.0 Å². The van der Waals surface area contributed by atoms with E-state index in [1.54, 1.807) is 9.47 Å². The topological polar surface area (TPSA) is 79.7 Å². The van der Waals surface area contributed by atoms with Gasteiger partial charge in [-0.1, -0.05) is 20.8 Å². The molecular formula is C25H33F2N5O3. The Morgan fingerprint density at radius 3 is 2.51 bits per heavy atom. The first kappa shape index (κ1) is 25.2. The van der Waals surface area contributed by atoms with Crippen LogP contribution in [0.5, 0.6) is 0 Å². The molecule has 1 aromatic carbocycles. The van der Waals surface area contributed by atoms with Crippen molar-refractivity contribution in [1.82, 2.24) is 24.7 Å². The summed E-state index contributed by atoms with van der Waals surface area (Å²) in [5.74, 6) is -1.66. The number of hydrogen-bond donors (Lipinski definition) is 1. The van der Waals surface area contributed by atoms with Gasteiger partial charge in [0.1, 0.15) is 23.5 Å². The number of benzene rings is 1. The third kappa shape index (κ3) is 5.38. The number of carbonyl (C=O) groups excluding carboxylic acids is 2. The predicted octanol–water partition coefficient (Wildman–Crippen LogP) is 2.67. The van der Waals surface area contributed by atoms with E-state index in [0.29, 0.717) is 45.1 Å². The summed E-state index contributed by atoms with van der Waals surface area (Å²) in [7, 11) is 1.94. The number of carbonyl (C=O) groups is 2. The average Bonchev–Trinajstić information content (AvgIpc) is 3.04. The fourth-order valence-corrected chi connectivity index (χ4v) is 4.59. The molecule has 0 saturated carbocycles. The van der Waals surface area contributed by atoms with Gasteiger partial charge in [0.25, 0.3) is 5.91 Å². The second kappa shape index (κ2) is 10.0. The molecule has 0 aliphatic carbocycles. The molecule has 0 spiro atoms. The smallest absolute Gasteiger partial charge is 0.272 e. The minimum absolute atomic E-state index is 0.00613. The number of halogens is 2. The highest BCUT2D eigenvalue weighted by Crippen LogP contribution is 2.29. The minimum Gasteiger partial charge on any atom is -0.378 e. The molecule has 2 amide bonds. The second-order valence-corrected chi connectivity index (χ2v) is 10.3. The van der Waals surface area contributed by atoms with Gasteiger partial charge in [0.15, 0.2) is 5.69 Å². The first-order valence-corrected chi connectivity index (χ1v) is 12.0. The van der Waals surface area contributed by atoms with E-state index >= 15 is 0 Å². The van der Waals surface area contributed by atoms with Crippen molar-refractivity contribution in [1.29, 1.82) is 0 Å². The molecule has 1 atom stereocenters. The molecule has 1 unspecified atom stereocenters. The number of hydrogen-bond acceptors (Lipinski definition) is 5. The molecule has 1 fully saturated rings. The Morgan fingerprint density at radius 1 is 1.11 bits per heavy atom. The zero-order chi connectivity index (χ0) is 25.3. The number of amides is 2. The Hall–Kier alpha value is -2.85. The van der Waals surface area contributed by atoms with Crippen molar-refractivity contribution in [2.45, 2.75) is 46.3 Å². The lowest BCUT2D eigenvalue weighted by molar-refractivity contribution is -0.139. The van der Waals surface area contributed by atoms with Crippen LogP contribution in [0.4, 0.5) is 8.78 Å². The number of ether oxygens (including phenoxy) is 1. The quantitative estimate of drug-likeness (QED) is 0.715. The molecule has 190 valence electrons. The molecule has 8 nitrogen and oxygen atoms in total. The van der Waals surface area contributed by atoms with E-state index in [9.17, 15) is 18.4 Å². The van der Waals surface area contributed by atoms with E-state index in [-0.39, 0.29) is 23.0 Å². The number of morpholine rings is 1. The maximum atomic E-state index is 14.7. The Kier molecular flexibility index (Phi) is 7.23. The number of rotatable bonds is 4. The van der Waals surface area contributed by atoms with E-state index in [0.717, 1.165) is 31.2 Å². The lowest BCUT2D eigenvalue weighted by Gasteiger charge is -2.36. The molecule has 10 heteroatoms. The second-order valence-electron chi connectivity index (χ2n) is 10.3. The number of nitrogens with zero attached hydrogens (tertiary/aromatic N) is 4. The third-order valence-electron chi connectivity index (χ3n) is 6.51. The normalized spacial score (nSPS) is 18.1. The van der Waals surface area contributed by atoms with Crippen molar-refractivity contribution in [3.8, 4) is 11.4 Å². The third-order valence-corrected chi connectivity index (χ3v) is 6.51. The van der Waals surface area contributed by atoms with Crippen LogP contribution < -0.4 is 5.32 Å². The standard InChI is InChI=1S/C25H33F2N5O3/c1-25(2,3)21(24(34)31-10-12-35-13-11-31)29-23(33)20-19-15-30(4)8-5-9-32(19)22(28-20)17-14-16(26)6-7-18(17)27/h6-7,14,21H,5,8-13,15H2,1-4H3,(H,29,33). The Balaban J connectivity index is 1.72. The van der Waals surface area contributed by atoms with Crippen LogP contribution in [0.2, 0.25) is 0 Å². The Morgan fingerprint density at radius 2 is 1.83 bits per heavy atom. The van der Waals surface area contributed by atoms with Crippen LogP contribution in [0.15, 0.2) is 18.2 Å². The van der Waals surface area contributed by atoms with Gasteiger partial charge in [-0.25, -0.2) is 13.8 Å². The monoisotopic (exact) mass is 489 g/mol. The van der Waals surface area contributed by atoms with Crippen LogP contribution in [-0.4, -0.2) is 77.1 Å². The van der Waals surface area contributed by atoms with E-state index in [1.807, 2.05) is 27.8 Å². The molecular weight excluding hydrogens is 456 g/mol. The van der Waals surface area contributed by atoms with Gasteiger partial charge in [-0.3, -0.25) is 9.59 Å². The van der Waals surface area contributed by atoms with Gasteiger partial charge in [-0.15, -0.1) is 0 Å². The van der Waals surface area contributed by atoms with Crippen molar-refractivity contribution in [2.24, 2.45) is 5.41 Å². The van der Waals surface area contributed by atoms with Crippen molar-refractivity contribution >= 4 is 11.8 Å². The van der Waals surface area contributed by atoms with Gasteiger partial charge in [-0.2, -0.15) is 0 Å². The van der Waals surface area contributed by atoms with Gasteiger partial charge < -0.3 is 24.4 Å². The van der Waals surface area contributed by atoms with E-state index in [2.05, 4.69) is 15.2 Å². The highest BCUT2D eigenvalue weighted by Gasteiger charge is 2.38. The molecule has 2 aliphatic heterocycles. The molecule has 1 saturated heterocycles.